The molecule has 0 aliphatic heterocycles. The summed E-state index contributed by atoms with van der Waals surface area (Å²) >= 11 is 6.23. The molecule has 1 nitrogen and oxygen atoms in total. The first-order valence-corrected chi connectivity index (χ1v) is 8.76. The maximum absolute atomic E-state index is 14.4. The molecule has 0 aliphatic rings. The Balaban J connectivity index is 1.89. The van der Waals surface area contributed by atoms with Crippen LogP contribution in [-0.4, -0.2) is 6.61 Å². The highest BCUT2D eigenvalue weighted by molar-refractivity contribution is 6.33. The standard InChI is InChI=1S/C22H20ClFO/c1-3-14-25-20-13-12-19(21(23)22(20)24)18-10-8-17(9-11-18)16-6-4-15(2)5-7-16/h4-13H,3,14H2,1-2H3. The van der Waals surface area contributed by atoms with Crippen LogP contribution in [0.2, 0.25) is 5.02 Å². The lowest BCUT2D eigenvalue weighted by molar-refractivity contribution is 0.301. The van der Waals surface area contributed by atoms with Crippen molar-refractivity contribution in [1.29, 1.82) is 0 Å². The molecule has 3 rings (SSSR count). The van der Waals surface area contributed by atoms with Crippen LogP contribution in [0, 0.1) is 12.7 Å². The minimum Gasteiger partial charge on any atom is -0.490 e. The third-order valence-electron chi connectivity index (χ3n) is 4.09. The average molecular weight is 355 g/mol. The molecular formula is C22H20ClFO. The van der Waals surface area contributed by atoms with E-state index in [4.69, 9.17) is 16.3 Å². The van der Waals surface area contributed by atoms with Crippen molar-refractivity contribution in [2.75, 3.05) is 6.61 Å². The van der Waals surface area contributed by atoms with E-state index in [-0.39, 0.29) is 10.8 Å². The fourth-order valence-electron chi connectivity index (χ4n) is 2.67. The van der Waals surface area contributed by atoms with Gasteiger partial charge in [0.2, 0.25) is 0 Å². The van der Waals surface area contributed by atoms with Gasteiger partial charge in [0.15, 0.2) is 11.6 Å². The van der Waals surface area contributed by atoms with E-state index in [1.54, 1.807) is 12.1 Å². The molecule has 0 N–H and O–H groups in total. The zero-order valence-electron chi connectivity index (χ0n) is 14.4. The minimum atomic E-state index is -0.504. The number of halogens is 2. The molecule has 0 atom stereocenters. The molecule has 128 valence electrons. The summed E-state index contributed by atoms with van der Waals surface area (Å²) in [6, 6.07) is 19.8. The second-order valence-corrected chi connectivity index (χ2v) is 6.41. The summed E-state index contributed by atoms with van der Waals surface area (Å²) in [5.74, 6) is -0.304. The number of rotatable bonds is 5. The third-order valence-corrected chi connectivity index (χ3v) is 4.46. The highest BCUT2D eigenvalue weighted by atomic mass is 35.5. The van der Waals surface area contributed by atoms with Crippen LogP contribution < -0.4 is 4.74 Å². The Bertz CT molecular complexity index is 854. The van der Waals surface area contributed by atoms with E-state index in [0.29, 0.717) is 12.2 Å². The Morgan fingerprint density at radius 3 is 2.00 bits per heavy atom. The average Bonchev–Trinajstić information content (AvgIpc) is 2.64. The molecule has 3 aromatic rings. The van der Waals surface area contributed by atoms with Crippen molar-refractivity contribution in [3.63, 3.8) is 0 Å². The molecule has 0 saturated carbocycles. The monoisotopic (exact) mass is 354 g/mol. The molecule has 0 saturated heterocycles. The Morgan fingerprint density at radius 1 is 0.840 bits per heavy atom. The highest BCUT2D eigenvalue weighted by Gasteiger charge is 2.14. The molecular weight excluding hydrogens is 335 g/mol. The summed E-state index contributed by atoms with van der Waals surface area (Å²) in [6.07, 6.45) is 0.819. The van der Waals surface area contributed by atoms with Crippen LogP contribution in [0.5, 0.6) is 5.75 Å². The molecule has 0 amide bonds. The summed E-state index contributed by atoms with van der Waals surface area (Å²) in [4.78, 5) is 0. The largest absolute Gasteiger partial charge is 0.490 e. The zero-order chi connectivity index (χ0) is 17.8. The predicted molar refractivity (Wildman–Crippen MR) is 103 cm³/mol. The molecule has 0 bridgehead atoms. The zero-order valence-corrected chi connectivity index (χ0v) is 15.1. The Labute approximate surface area is 153 Å². The van der Waals surface area contributed by atoms with Crippen molar-refractivity contribution in [2.24, 2.45) is 0 Å². The SMILES string of the molecule is CCCOc1ccc(-c2ccc(-c3ccc(C)cc3)cc2)c(Cl)c1F. The van der Waals surface area contributed by atoms with E-state index in [0.717, 1.165) is 23.1 Å². The maximum Gasteiger partial charge on any atom is 0.184 e. The van der Waals surface area contributed by atoms with Gasteiger partial charge in [0.25, 0.3) is 0 Å². The van der Waals surface area contributed by atoms with Crippen LogP contribution in [0.25, 0.3) is 22.3 Å². The van der Waals surface area contributed by atoms with Crippen molar-refractivity contribution in [1.82, 2.24) is 0 Å². The lowest BCUT2D eigenvalue weighted by Gasteiger charge is -2.11. The number of aryl methyl sites for hydroxylation is 1. The molecule has 3 aromatic carbocycles. The topological polar surface area (TPSA) is 9.23 Å². The number of ether oxygens (including phenoxy) is 1. The van der Waals surface area contributed by atoms with Gasteiger partial charge in [0.05, 0.1) is 11.6 Å². The summed E-state index contributed by atoms with van der Waals surface area (Å²) in [5.41, 5.74) is 5.04. The second kappa shape index (κ2) is 7.71. The van der Waals surface area contributed by atoms with Gasteiger partial charge in [-0.3, -0.25) is 0 Å². The second-order valence-electron chi connectivity index (χ2n) is 6.03. The molecule has 0 spiro atoms. The fourth-order valence-corrected chi connectivity index (χ4v) is 2.93. The van der Waals surface area contributed by atoms with Crippen molar-refractivity contribution < 1.29 is 9.13 Å². The first kappa shape index (κ1) is 17.5. The Kier molecular flexibility index (Phi) is 5.40. The predicted octanol–water partition coefficient (Wildman–Crippen LogP) is 6.91. The molecule has 0 aliphatic carbocycles. The number of hydrogen-bond acceptors (Lipinski definition) is 1. The van der Waals surface area contributed by atoms with E-state index in [1.165, 1.54) is 5.56 Å². The smallest absolute Gasteiger partial charge is 0.184 e. The van der Waals surface area contributed by atoms with Gasteiger partial charge in [-0.1, -0.05) is 72.6 Å². The van der Waals surface area contributed by atoms with Crippen LogP contribution in [0.4, 0.5) is 4.39 Å². The van der Waals surface area contributed by atoms with Crippen LogP contribution in [0.3, 0.4) is 0 Å². The highest BCUT2D eigenvalue weighted by Crippen LogP contribution is 2.35. The summed E-state index contributed by atoms with van der Waals surface area (Å²) in [7, 11) is 0. The van der Waals surface area contributed by atoms with E-state index in [9.17, 15) is 4.39 Å². The molecule has 0 fully saturated rings. The summed E-state index contributed by atoms with van der Waals surface area (Å²) in [6.45, 7) is 4.51. The summed E-state index contributed by atoms with van der Waals surface area (Å²) in [5, 5.41) is 0.0942. The van der Waals surface area contributed by atoms with Crippen molar-refractivity contribution in [3.8, 4) is 28.0 Å². The van der Waals surface area contributed by atoms with Gasteiger partial charge in [-0.15, -0.1) is 0 Å². The lowest BCUT2D eigenvalue weighted by atomic mass is 9.99. The van der Waals surface area contributed by atoms with E-state index >= 15 is 0 Å². The van der Waals surface area contributed by atoms with E-state index < -0.39 is 5.82 Å². The maximum atomic E-state index is 14.4. The van der Waals surface area contributed by atoms with Gasteiger partial charge in [0.1, 0.15) is 0 Å². The quantitative estimate of drug-likeness (QED) is 0.483. The van der Waals surface area contributed by atoms with Crippen molar-refractivity contribution in [3.05, 3.63) is 77.1 Å². The van der Waals surface area contributed by atoms with Gasteiger partial charge >= 0.3 is 0 Å². The van der Waals surface area contributed by atoms with Crippen molar-refractivity contribution >= 4 is 11.6 Å². The van der Waals surface area contributed by atoms with Gasteiger partial charge < -0.3 is 4.74 Å². The first-order valence-electron chi connectivity index (χ1n) is 8.38. The summed E-state index contributed by atoms with van der Waals surface area (Å²) < 4.78 is 19.8. The van der Waals surface area contributed by atoms with Gasteiger partial charge in [-0.25, -0.2) is 4.39 Å². The normalized spacial score (nSPS) is 10.7. The molecule has 0 unspecified atom stereocenters. The molecule has 3 heteroatoms. The molecule has 25 heavy (non-hydrogen) atoms. The first-order chi connectivity index (χ1) is 12.1. The molecule has 0 heterocycles. The Morgan fingerprint density at radius 2 is 1.40 bits per heavy atom. The number of hydrogen-bond donors (Lipinski definition) is 0. The molecule has 0 radical (unpaired) electrons. The van der Waals surface area contributed by atoms with Crippen LogP contribution >= 0.6 is 11.6 Å². The number of benzene rings is 3. The van der Waals surface area contributed by atoms with Gasteiger partial charge in [-0.05, 0) is 42.2 Å². The van der Waals surface area contributed by atoms with Gasteiger partial charge in [0, 0.05) is 5.56 Å². The lowest BCUT2D eigenvalue weighted by Crippen LogP contribution is -1.98. The third kappa shape index (κ3) is 3.85. The van der Waals surface area contributed by atoms with Crippen LogP contribution in [0.15, 0.2) is 60.7 Å². The van der Waals surface area contributed by atoms with E-state index in [1.807, 2.05) is 31.2 Å². The Hall–Kier alpha value is -2.32. The van der Waals surface area contributed by atoms with Crippen molar-refractivity contribution in [2.45, 2.75) is 20.3 Å². The fraction of sp³-hybridized carbons (Fsp3) is 0.182. The van der Waals surface area contributed by atoms with Crippen LogP contribution in [-0.2, 0) is 0 Å². The molecule has 0 aromatic heterocycles. The van der Waals surface area contributed by atoms with Gasteiger partial charge in [-0.2, -0.15) is 0 Å². The van der Waals surface area contributed by atoms with E-state index in [2.05, 4.69) is 31.2 Å². The van der Waals surface area contributed by atoms with Crippen LogP contribution in [0.1, 0.15) is 18.9 Å². The minimum absolute atomic E-state index is 0.0942.